The Morgan fingerprint density at radius 1 is 1.09 bits per heavy atom. The van der Waals surface area contributed by atoms with Crippen LogP contribution >= 0.6 is 0 Å². The van der Waals surface area contributed by atoms with E-state index in [0.29, 0.717) is 39.8 Å². The number of carbonyl (C=O) groups is 1. The highest BCUT2D eigenvalue weighted by Crippen LogP contribution is 2.30. The number of ether oxygens (including phenoxy) is 1. The van der Waals surface area contributed by atoms with Crippen molar-refractivity contribution in [2.75, 3.05) is 17.7 Å². The Balaban J connectivity index is 0.000000197. The molecule has 5 rings (SSSR count). The highest BCUT2D eigenvalue weighted by atomic mass is 19.1. The topological polar surface area (TPSA) is 105 Å². The van der Waals surface area contributed by atoms with Crippen LogP contribution in [0.15, 0.2) is 48.7 Å². The third-order valence-electron chi connectivity index (χ3n) is 4.94. The van der Waals surface area contributed by atoms with Gasteiger partial charge in [0.1, 0.15) is 23.0 Å². The minimum Gasteiger partial charge on any atom is -0.491 e. The van der Waals surface area contributed by atoms with E-state index in [9.17, 15) is 13.6 Å². The number of aromatic amines is 1. The maximum absolute atomic E-state index is 13.6. The van der Waals surface area contributed by atoms with Crippen LogP contribution in [-0.4, -0.2) is 33.2 Å². The zero-order valence-electron chi connectivity index (χ0n) is 20.0. The zero-order chi connectivity index (χ0) is 25.4. The molecule has 1 fully saturated rings. The highest BCUT2D eigenvalue weighted by Gasteiger charge is 2.29. The van der Waals surface area contributed by atoms with Gasteiger partial charge in [-0.1, -0.05) is 19.9 Å². The molecule has 4 aromatic rings. The van der Waals surface area contributed by atoms with Gasteiger partial charge in [0.05, 0.1) is 13.3 Å². The minimum absolute atomic E-state index is 0.0478. The summed E-state index contributed by atoms with van der Waals surface area (Å²) in [7, 11) is 1.53. The summed E-state index contributed by atoms with van der Waals surface area (Å²) in [4.78, 5) is 19.6. The third-order valence-corrected chi connectivity index (χ3v) is 4.94. The van der Waals surface area contributed by atoms with Gasteiger partial charge < -0.3 is 15.4 Å². The number of hydrogen-bond acceptors (Lipinski definition) is 6. The molecule has 1 aliphatic rings. The number of aromatic nitrogens is 4. The number of halogens is 2. The predicted octanol–water partition coefficient (Wildman–Crippen LogP) is 5.75. The van der Waals surface area contributed by atoms with Gasteiger partial charge in [-0.25, -0.2) is 18.7 Å². The Bertz CT molecular complexity index is 1270. The second-order valence-corrected chi connectivity index (χ2v) is 7.46. The second-order valence-electron chi connectivity index (χ2n) is 7.46. The van der Waals surface area contributed by atoms with Crippen molar-refractivity contribution in [3.8, 4) is 5.75 Å². The first-order chi connectivity index (χ1) is 16.9. The van der Waals surface area contributed by atoms with Crippen LogP contribution in [0.25, 0.3) is 10.9 Å². The molecule has 2 aromatic heterocycles. The summed E-state index contributed by atoms with van der Waals surface area (Å²) in [5, 5.41) is 13.1. The normalized spacial score (nSPS) is 12.1. The number of benzene rings is 2. The van der Waals surface area contributed by atoms with E-state index in [1.807, 2.05) is 13.8 Å². The van der Waals surface area contributed by atoms with E-state index in [0.717, 1.165) is 12.8 Å². The van der Waals surface area contributed by atoms with E-state index in [1.54, 1.807) is 37.4 Å². The molecule has 8 nitrogen and oxygen atoms in total. The highest BCUT2D eigenvalue weighted by molar-refractivity contribution is 5.94. The standard InChI is InChI=1S/C13H12FN5O.C10H10FNO.C2H6/c1-7-15-6-10(20-2)13(16-7)17-12-8-4-3-5-9(14)11(8)18-19-12;11-8-3-5-9(6-4-8)12-10(13)7-1-2-7;1-2/h3-6H,1-2H3,(H2,15,16,17,18,19);3-7H,1-2H2,(H,12,13);1-2H3. The van der Waals surface area contributed by atoms with E-state index >= 15 is 0 Å². The van der Waals surface area contributed by atoms with Crippen molar-refractivity contribution in [2.45, 2.75) is 33.6 Å². The minimum atomic E-state index is -0.353. The molecule has 1 saturated carbocycles. The number of amides is 1. The molecule has 0 radical (unpaired) electrons. The van der Waals surface area contributed by atoms with Gasteiger partial charge in [-0.15, -0.1) is 0 Å². The summed E-state index contributed by atoms with van der Waals surface area (Å²) in [6, 6.07) is 10.6. The van der Waals surface area contributed by atoms with Crippen LogP contribution in [0, 0.1) is 24.5 Å². The number of carbonyl (C=O) groups excluding carboxylic acids is 1. The van der Waals surface area contributed by atoms with Gasteiger partial charge in [0.15, 0.2) is 17.4 Å². The quantitative estimate of drug-likeness (QED) is 0.334. The lowest BCUT2D eigenvalue weighted by molar-refractivity contribution is -0.117. The number of aryl methyl sites for hydroxylation is 1. The van der Waals surface area contributed by atoms with E-state index < -0.39 is 0 Å². The maximum atomic E-state index is 13.6. The smallest absolute Gasteiger partial charge is 0.227 e. The largest absolute Gasteiger partial charge is 0.491 e. The number of fused-ring (bicyclic) bond motifs is 1. The first kappa shape index (κ1) is 25.5. The van der Waals surface area contributed by atoms with Gasteiger partial charge in [-0.2, -0.15) is 5.10 Å². The molecular weight excluding hydrogens is 454 g/mol. The predicted molar refractivity (Wildman–Crippen MR) is 132 cm³/mol. The van der Waals surface area contributed by atoms with Crippen LogP contribution < -0.4 is 15.4 Å². The van der Waals surface area contributed by atoms with Crippen LogP contribution in [0.5, 0.6) is 5.75 Å². The molecule has 2 aromatic carbocycles. The van der Waals surface area contributed by atoms with Gasteiger partial charge in [-0.3, -0.25) is 9.89 Å². The van der Waals surface area contributed by atoms with Crippen molar-refractivity contribution < 1.29 is 18.3 Å². The molecule has 2 heterocycles. The molecule has 0 saturated heterocycles. The van der Waals surface area contributed by atoms with Gasteiger partial charge in [-0.05, 0) is 56.2 Å². The van der Waals surface area contributed by atoms with Crippen molar-refractivity contribution in [1.82, 2.24) is 20.2 Å². The molecule has 0 aliphatic heterocycles. The van der Waals surface area contributed by atoms with Gasteiger partial charge >= 0.3 is 0 Å². The summed E-state index contributed by atoms with van der Waals surface area (Å²) >= 11 is 0. The van der Waals surface area contributed by atoms with Gasteiger partial charge in [0.2, 0.25) is 5.91 Å². The van der Waals surface area contributed by atoms with Crippen molar-refractivity contribution in [2.24, 2.45) is 5.92 Å². The third kappa shape index (κ3) is 6.72. The van der Waals surface area contributed by atoms with Gasteiger partial charge in [0.25, 0.3) is 0 Å². The van der Waals surface area contributed by atoms with Crippen LogP contribution in [0.2, 0.25) is 0 Å². The van der Waals surface area contributed by atoms with Crippen molar-refractivity contribution >= 4 is 34.1 Å². The molecule has 35 heavy (non-hydrogen) atoms. The summed E-state index contributed by atoms with van der Waals surface area (Å²) in [5.41, 5.74) is 1.01. The number of anilines is 3. The summed E-state index contributed by atoms with van der Waals surface area (Å²) in [6.07, 6.45) is 3.53. The zero-order valence-corrected chi connectivity index (χ0v) is 20.0. The molecule has 3 N–H and O–H groups in total. The lowest BCUT2D eigenvalue weighted by Gasteiger charge is -2.08. The molecule has 1 amide bonds. The number of H-pyrrole nitrogens is 1. The second kappa shape index (κ2) is 11.9. The molecule has 0 unspecified atom stereocenters. The summed E-state index contributed by atoms with van der Waals surface area (Å²) in [5.74, 6) is 1.64. The summed E-state index contributed by atoms with van der Waals surface area (Å²) < 4.78 is 31.3. The van der Waals surface area contributed by atoms with Crippen molar-refractivity contribution in [3.63, 3.8) is 0 Å². The number of nitrogens with one attached hydrogen (secondary N) is 3. The lowest BCUT2D eigenvalue weighted by Crippen LogP contribution is -2.12. The monoisotopic (exact) mass is 482 g/mol. The van der Waals surface area contributed by atoms with Crippen molar-refractivity contribution in [3.05, 3.63) is 66.1 Å². The maximum Gasteiger partial charge on any atom is 0.227 e. The number of hydrogen-bond donors (Lipinski definition) is 3. The fraction of sp³-hybridized carbons (Fsp3) is 0.280. The fourth-order valence-corrected chi connectivity index (χ4v) is 3.04. The Labute approximate surface area is 202 Å². The van der Waals surface area contributed by atoms with Gasteiger partial charge in [0, 0.05) is 17.0 Å². The Morgan fingerprint density at radius 2 is 1.80 bits per heavy atom. The molecule has 1 aliphatic carbocycles. The molecule has 0 bridgehead atoms. The number of nitrogens with zero attached hydrogens (tertiary/aromatic N) is 3. The van der Waals surface area contributed by atoms with E-state index in [2.05, 4.69) is 30.8 Å². The summed E-state index contributed by atoms with van der Waals surface area (Å²) in [6.45, 7) is 5.77. The van der Waals surface area contributed by atoms with Crippen molar-refractivity contribution in [1.29, 1.82) is 0 Å². The molecule has 0 atom stereocenters. The number of para-hydroxylation sites is 1. The first-order valence-electron chi connectivity index (χ1n) is 11.3. The number of rotatable bonds is 5. The lowest BCUT2D eigenvalue weighted by atomic mass is 10.2. The molecule has 10 heteroatoms. The Kier molecular flexibility index (Phi) is 8.66. The SMILES string of the molecule is CC.COc1cnc(C)nc1Nc1n[nH]c2c(F)cccc12.O=C(Nc1ccc(F)cc1)C1CC1. The van der Waals surface area contributed by atoms with E-state index in [4.69, 9.17) is 4.74 Å². The van der Waals surface area contributed by atoms with Crippen LogP contribution in [0.1, 0.15) is 32.5 Å². The van der Waals surface area contributed by atoms with E-state index in [1.165, 1.54) is 25.3 Å². The fourth-order valence-electron chi connectivity index (χ4n) is 3.04. The Hall–Kier alpha value is -4.08. The van der Waals surface area contributed by atoms with Crippen LogP contribution in [0.3, 0.4) is 0 Å². The first-order valence-corrected chi connectivity index (χ1v) is 11.3. The average Bonchev–Trinajstić information content (AvgIpc) is 3.64. The van der Waals surface area contributed by atoms with Crippen LogP contribution in [-0.2, 0) is 4.79 Å². The molecule has 184 valence electrons. The molecular formula is C25H28F2N6O2. The number of methoxy groups -OCH3 is 1. The Morgan fingerprint density at radius 3 is 2.46 bits per heavy atom. The molecule has 0 spiro atoms. The van der Waals surface area contributed by atoms with E-state index in [-0.39, 0.29) is 23.5 Å². The van der Waals surface area contributed by atoms with Crippen LogP contribution in [0.4, 0.5) is 26.1 Å². The average molecular weight is 483 g/mol.